The van der Waals surface area contributed by atoms with Crippen LogP contribution in [0.5, 0.6) is 5.88 Å². The van der Waals surface area contributed by atoms with Crippen LogP contribution in [0, 0.1) is 18.3 Å². The van der Waals surface area contributed by atoms with Crippen LogP contribution in [-0.2, 0) is 0 Å². The Kier molecular flexibility index (Phi) is 4.45. The number of nitrogens with zero attached hydrogens (tertiary/aromatic N) is 6. The average Bonchev–Trinajstić information content (AvgIpc) is 3.31. The van der Waals surface area contributed by atoms with Gasteiger partial charge in [-0.2, -0.15) is 10.4 Å². The van der Waals surface area contributed by atoms with Crippen molar-refractivity contribution < 1.29 is 4.74 Å². The number of imidazole rings is 1. The van der Waals surface area contributed by atoms with Gasteiger partial charge in [0.25, 0.3) is 0 Å². The molecule has 0 spiro atoms. The first-order chi connectivity index (χ1) is 14.7. The Bertz CT molecular complexity index is 1250. The lowest BCUT2D eigenvalue weighted by molar-refractivity contribution is 0.210. The van der Waals surface area contributed by atoms with E-state index in [1.54, 1.807) is 16.8 Å². The zero-order valence-electron chi connectivity index (χ0n) is 16.8. The Labute approximate surface area is 173 Å². The van der Waals surface area contributed by atoms with Gasteiger partial charge in [-0.15, -0.1) is 0 Å². The molecule has 4 aromatic heterocycles. The van der Waals surface area contributed by atoms with Gasteiger partial charge in [-0.05, 0) is 37.6 Å². The van der Waals surface area contributed by atoms with Crippen LogP contribution >= 0.6 is 0 Å². The summed E-state index contributed by atoms with van der Waals surface area (Å²) in [6.45, 7) is 5.89. The molecular formula is C22H21N7O. The molecule has 4 aromatic rings. The molecule has 1 aliphatic heterocycles. The van der Waals surface area contributed by atoms with Crippen LogP contribution in [-0.4, -0.2) is 37.2 Å². The minimum Gasteiger partial charge on any atom is -0.469 e. The molecule has 1 fully saturated rings. The number of rotatable bonds is 5. The average molecular weight is 399 g/mol. The van der Waals surface area contributed by atoms with Crippen LogP contribution < -0.4 is 10.1 Å². The van der Waals surface area contributed by atoms with Gasteiger partial charge in [-0.1, -0.05) is 6.07 Å². The summed E-state index contributed by atoms with van der Waals surface area (Å²) in [5.41, 5.74) is 4.98. The zero-order chi connectivity index (χ0) is 20.7. The van der Waals surface area contributed by atoms with Crippen molar-refractivity contribution in [3.8, 4) is 23.1 Å². The Morgan fingerprint density at radius 1 is 1.23 bits per heavy atom. The molecule has 150 valence electrons. The quantitative estimate of drug-likeness (QED) is 0.554. The molecule has 1 saturated heterocycles. The van der Waals surface area contributed by atoms with E-state index >= 15 is 0 Å². The lowest BCUT2D eigenvalue weighted by Crippen LogP contribution is -2.44. The minimum absolute atomic E-state index is 0.288. The number of hydrogen-bond donors (Lipinski definition) is 1. The Morgan fingerprint density at radius 3 is 2.80 bits per heavy atom. The molecule has 0 radical (unpaired) electrons. The second-order valence-electron chi connectivity index (χ2n) is 7.45. The van der Waals surface area contributed by atoms with Crippen LogP contribution in [0.25, 0.3) is 16.8 Å². The fraction of sp³-hybridized carbons (Fsp3) is 0.273. The van der Waals surface area contributed by atoms with Crippen molar-refractivity contribution in [2.75, 3.05) is 13.1 Å². The molecule has 1 atom stereocenters. The molecule has 0 unspecified atom stereocenters. The molecule has 0 amide bonds. The summed E-state index contributed by atoms with van der Waals surface area (Å²) in [6, 6.07) is 12.2. The van der Waals surface area contributed by atoms with Crippen LogP contribution in [0.15, 0.2) is 48.9 Å². The van der Waals surface area contributed by atoms with Crippen LogP contribution in [0.2, 0.25) is 0 Å². The monoisotopic (exact) mass is 399 g/mol. The van der Waals surface area contributed by atoms with E-state index in [2.05, 4.69) is 38.1 Å². The second kappa shape index (κ2) is 7.28. The third kappa shape index (κ3) is 3.00. The Balaban J connectivity index is 1.60. The molecule has 30 heavy (non-hydrogen) atoms. The number of nitrogens with one attached hydrogen (secondary N) is 1. The maximum absolute atomic E-state index is 9.53. The van der Waals surface area contributed by atoms with E-state index in [9.17, 15) is 5.26 Å². The number of ether oxygens (including phenoxy) is 1. The standard InChI is InChI=1S/C22H21N7O/c1-14-19(13-27-29(14)18-10-24-11-18)16-7-21-26-12-17(9-23)28(21)22(8-16)30-15(2)20-5-3-4-6-25-20/h3-8,12-13,15,18,24H,10-11H2,1-2H3/t15-/m1/s1. The predicted octanol–water partition coefficient (Wildman–Crippen LogP) is 3.06. The predicted molar refractivity (Wildman–Crippen MR) is 111 cm³/mol. The maximum atomic E-state index is 9.53. The SMILES string of the molecule is Cc1c(-c2cc(O[C@H](C)c3ccccn3)n3c(C#N)cnc3c2)cnn1C1CNC1. The van der Waals surface area contributed by atoms with Crippen molar-refractivity contribution in [3.05, 3.63) is 66.0 Å². The molecule has 5 rings (SSSR count). The van der Waals surface area contributed by atoms with E-state index in [-0.39, 0.29) is 6.10 Å². The number of nitriles is 1. The zero-order valence-corrected chi connectivity index (χ0v) is 16.8. The highest BCUT2D eigenvalue weighted by atomic mass is 16.5. The number of aromatic nitrogens is 5. The fourth-order valence-electron chi connectivity index (χ4n) is 3.78. The van der Waals surface area contributed by atoms with E-state index < -0.39 is 0 Å². The van der Waals surface area contributed by atoms with Crippen LogP contribution in [0.1, 0.15) is 36.2 Å². The van der Waals surface area contributed by atoms with Gasteiger partial charge in [0.15, 0.2) is 0 Å². The van der Waals surface area contributed by atoms with E-state index in [1.165, 1.54) is 0 Å². The van der Waals surface area contributed by atoms with E-state index in [4.69, 9.17) is 4.74 Å². The highest BCUT2D eigenvalue weighted by molar-refractivity contribution is 5.71. The first-order valence-corrected chi connectivity index (χ1v) is 9.90. The van der Waals surface area contributed by atoms with E-state index in [0.717, 1.165) is 35.6 Å². The van der Waals surface area contributed by atoms with Crippen molar-refractivity contribution in [2.45, 2.75) is 26.0 Å². The summed E-state index contributed by atoms with van der Waals surface area (Å²) in [5, 5.41) is 17.4. The molecule has 0 aliphatic carbocycles. The molecule has 0 aromatic carbocycles. The highest BCUT2D eigenvalue weighted by Crippen LogP contribution is 2.32. The summed E-state index contributed by atoms with van der Waals surface area (Å²) in [7, 11) is 0. The molecular weight excluding hydrogens is 378 g/mol. The summed E-state index contributed by atoms with van der Waals surface area (Å²) in [4.78, 5) is 8.81. The number of hydrogen-bond acceptors (Lipinski definition) is 6. The number of fused-ring (bicyclic) bond motifs is 1. The Hall–Kier alpha value is -3.70. The topological polar surface area (TPSA) is 93.1 Å². The molecule has 8 heteroatoms. The van der Waals surface area contributed by atoms with Crippen LogP contribution in [0.3, 0.4) is 0 Å². The smallest absolute Gasteiger partial charge is 0.201 e. The van der Waals surface area contributed by atoms with Gasteiger partial charge < -0.3 is 10.1 Å². The lowest BCUT2D eigenvalue weighted by atomic mass is 10.1. The third-order valence-corrected chi connectivity index (χ3v) is 5.55. The van der Waals surface area contributed by atoms with Gasteiger partial charge in [0.05, 0.1) is 24.1 Å². The number of pyridine rings is 2. The summed E-state index contributed by atoms with van der Waals surface area (Å²) in [6.07, 6.45) is 4.91. The largest absolute Gasteiger partial charge is 0.469 e. The van der Waals surface area contributed by atoms with Gasteiger partial charge in [-0.25, -0.2) is 4.98 Å². The maximum Gasteiger partial charge on any atom is 0.201 e. The third-order valence-electron chi connectivity index (χ3n) is 5.55. The van der Waals surface area contributed by atoms with Crippen molar-refractivity contribution >= 4 is 5.65 Å². The van der Waals surface area contributed by atoms with Gasteiger partial charge in [-0.3, -0.25) is 14.1 Å². The molecule has 0 saturated carbocycles. The van der Waals surface area contributed by atoms with E-state index in [1.807, 2.05) is 43.5 Å². The van der Waals surface area contributed by atoms with Gasteiger partial charge >= 0.3 is 0 Å². The molecule has 0 bridgehead atoms. The van der Waals surface area contributed by atoms with Crippen LogP contribution in [0.4, 0.5) is 0 Å². The molecule has 8 nitrogen and oxygen atoms in total. The van der Waals surface area contributed by atoms with Crippen molar-refractivity contribution in [3.63, 3.8) is 0 Å². The van der Waals surface area contributed by atoms with Gasteiger partial charge in [0.2, 0.25) is 5.88 Å². The minimum atomic E-state index is -0.288. The second-order valence-corrected chi connectivity index (χ2v) is 7.45. The van der Waals surface area contributed by atoms with E-state index in [0.29, 0.717) is 23.3 Å². The molecule has 1 aliphatic rings. The normalized spacial score (nSPS) is 15.0. The Morgan fingerprint density at radius 2 is 2.10 bits per heavy atom. The summed E-state index contributed by atoms with van der Waals surface area (Å²) in [5.74, 6) is 0.548. The fourth-order valence-corrected chi connectivity index (χ4v) is 3.78. The molecule has 5 heterocycles. The van der Waals surface area contributed by atoms with Crippen molar-refractivity contribution in [1.82, 2.24) is 29.5 Å². The molecule has 1 N–H and O–H groups in total. The first-order valence-electron chi connectivity index (χ1n) is 9.90. The van der Waals surface area contributed by atoms with Crippen molar-refractivity contribution in [2.24, 2.45) is 0 Å². The summed E-state index contributed by atoms with van der Waals surface area (Å²) < 4.78 is 10.1. The van der Waals surface area contributed by atoms with Crippen molar-refractivity contribution in [1.29, 1.82) is 5.26 Å². The first kappa shape index (κ1) is 18.3. The lowest BCUT2D eigenvalue weighted by Gasteiger charge is -2.28. The highest BCUT2D eigenvalue weighted by Gasteiger charge is 2.23. The van der Waals surface area contributed by atoms with Gasteiger partial charge in [0.1, 0.15) is 23.5 Å². The summed E-state index contributed by atoms with van der Waals surface area (Å²) >= 11 is 0. The van der Waals surface area contributed by atoms with Gasteiger partial charge in [0, 0.05) is 36.6 Å².